The van der Waals surface area contributed by atoms with E-state index in [1.165, 1.54) is 10.6 Å². The summed E-state index contributed by atoms with van der Waals surface area (Å²) in [5.74, 6) is -0.871. The Hall–Kier alpha value is -4.19. The predicted molar refractivity (Wildman–Crippen MR) is 121 cm³/mol. The molecule has 0 fully saturated rings. The van der Waals surface area contributed by atoms with Crippen molar-refractivity contribution in [2.45, 2.75) is 6.04 Å². The van der Waals surface area contributed by atoms with Gasteiger partial charge in [0.2, 0.25) is 0 Å². The van der Waals surface area contributed by atoms with Crippen LogP contribution in [0.25, 0.3) is 10.9 Å². The number of pyridine rings is 1. The lowest BCUT2D eigenvalue weighted by Gasteiger charge is -2.20. The van der Waals surface area contributed by atoms with Crippen molar-refractivity contribution in [3.8, 4) is 0 Å². The SMILES string of the molecule is Cn1c(=O)cc(C(=O)NC(C(=O)Nc2ccccc2)c2ccccc2)c2ccccc21. The average molecular weight is 411 g/mol. The summed E-state index contributed by atoms with van der Waals surface area (Å²) in [6, 6.07) is 25.6. The Kier molecular flexibility index (Phi) is 5.62. The van der Waals surface area contributed by atoms with Crippen LogP contribution in [0.4, 0.5) is 5.69 Å². The van der Waals surface area contributed by atoms with Crippen molar-refractivity contribution in [3.63, 3.8) is 0 Å². The van der Waals surface area contributed by atoms with E-state index in [4.69, 9.17) is 0 Å². The Bertz CT molecular complexity index is 1300. The molecule has 0 saturated heterocycles. The number of aromatic nitrogens is 1. The number of rotatable bonds is 5. The van der Waals surface area contributed by atoms with E-state index in [-0.39, 0.29) is 17.0 Å². The van der Waals surface area contributed by atoms with Crippen molar-refractivity contribution >= 4 is 28.4 Å². The third kappa shape index (κ3) is 4.23. The van der Waals surface area contributed by atoms with Crippen molar-refractivity contribution in [1.29, 1.82) is 0 Å². The van der Waals surface area contributed by atoms with Gasteiger partial charge in [0.15, 0.2) is 0 Å². The van der Waals surface area contributed by atoms with Crippen LogP contribution in [-0.4, -0.2) is 16.4 Å². The molecule has 154 valence electrons. The maximum absolute atomic E-state index is 13.2. The van der Waals surface area contributed by atoms with E-state index in [0.29, 0.717) is 22.2 Å². The van der Waals surface area contributed by atoms with E-state index < -0.39 is 11.9 Å². The summed E-state index contributed by atoms with van der Waals surface area (Å²) in [5.41, 5.74) is 1.84. The Balaban J connectivity index is 1.70. The first-order valence-corrected chi connectivity index (χ1v) is 9.85. The number of aryl methyl sites for hydroxylation is 1. The van der Waals surface area contributed by atoms with Crippen LogP contribution in [-0.2, 0) is 11.8 Å². The predicted octanol–water partition coefficient (Wildman–Crippen LogP) is 3.65. The minimum atomic E-state index is -0.934. The molecule has 0 aliphatic carbocycles. The van der Waals surface area contributed by atoms with Crippen LogP contribution >= 0.6 is 0 Å². The first-order valence-electron chi connectivity index (χ1n) is 9.85. The molecule has 1 aromatic heterocycles. The van der Waals surface area contributed by atoms with Gasteiger partial charge < -0.3 is 15.2 Å². The van der Waals surface area contributed by atoms with Crippen molar-refractivity contribution in [3.05, 3.63) is 112 Å². The maximum atomic E-state index is 13.2. The summed E-state index contributed by atoms with van der Waals surface area (Å²) in [7, 11) is 1.66. The molecule has 0 spiro atoms. The third-order valence-electron chi connectivity index (χ3n) is 5.11. The van der Waals surface area contributed by atoms with Gasteiger partial charge in [-0.15, -0.1) is 0 Å². The van der Waals surface area contributed by atoms with Crippen molar-refractivity contribution < 1.29 is 9.59 Å². The van der Waals surface area contributed by atoms with Crippen LogP contribution in [0.3, 0.4) is 0 Å². The molecule has 4 aromatic rings. The van der Waals surface area contributed by atoms with Gasteiger partial charge in [-0.05, 0) is 23.8 Å². The standard InChI is InChI=1S/C25H21N3O3/c1-28-21-15-9-8-14-19(21)20(16-22(28)29)24(30)27-23(17-10-4-2-5-11-17)25(31)26-18-12-6-3-7-13-18/h2-16,23H,1H3,(H,26,31)(H,27,30). The smallest absolute Gasteiger partial charge is 0.253 e. The second-order valence-electron chi connectivity index (χ2n) is 7.14. The minimum absolute atomic E-state index is 0.229. The lowest BCUT2D eigenvalue weighted by molar-refractivity contribution is -0.118. The zero-order valence-electron chi connectivity index (χ0n) is 16.9. The third-order valence-corrected chi connectivity index (χ3v) is 5.11. The molecular weight excluding hydrogens is 390 g/mol. The monoisotopic (exact) mass is 411 g/mol. The van der Waals surface area contributed by atoms with Crippen LogP contribution in [0.5, 0.6) is 0 Å². The van der Waals surface area contributed by atoms with E-state index in [1.54, 1.807) is 61.6 Å². The molecule has 6 nitrogen and oxygen atoms in total. The number of nitrogens with zero attached hydrogens (tertiary/aromatic N) is 1. The molecule has 31 heavy (non-hydrogen) atoms. The first-order chi connectivity index (χ1) is 15.0. The number of hydrogen-bond acceptors (Lipinski definition) is 3. The number of fused-ring (bicyclic) bond motifs is 1. The second kappa shape index (κ2) is 8.67. The normalized spacial score (nSPS) is 11.6. The van der Waals surface area contributed by atoms with Crippen molar-refractivity contribution in [2.24, 2.45) is 7.05 Å². The van der Waals surface area contributed by atoms with Gasteiger partial charge in [0.1, 0.15) is 6.04 Å². The highest BCUT2D eigenvalue weighted by Crippen LogP contribution is 2.20. The number of hydrogen-bond donors (Lipinski definition) is 2. The van der Waals surface area contributed by atoms with Crippen LogP contribution in [0.1, 0.15) is 22.0 Å². The number of anilines is 1. The van der Waals surface area contributed by atoms with E-state index in [1.807, 2.05) is 30.3 Å². The largest absolute Gasteiger partial charge is 0.336 e. The topological polar surface area (TPSA) is 80.2 Å². The average Bonchev–Trinajstić information content (AvgIpc) is 2.81. The molecule has 3 aromatic carbocycles. The molecular formula is C25H21N3O3. The van der Waals surface area contributed by atoms with E-state index in [0.717, 1.165) is 0 Å². The van der Waals surface area contributed by atoms with Crippen LogP contribution in [0.15, 0.2) is 95.8 Å². The quantitative estimate of drug-likeness (QED) is 0.526. The highest BCUT2D eigenvalue weighted by molar-refractivity contribution is 6.08. The molecule has 0 aliphatic rings. The number of nitrogens with one attached hydrogen (secondary N) is 2. The number of amides is 2. The fourth-order valence-electron chi connectivity index (χ4n) is 3.49. The zero-order valence-corrected chi connectivity index (χ0v) is 16.9. The van der Waals surface area contributed by atoms with E-state index in [2.05, 4.69) is 10.6 Å². The molecule has 1 atom stereocenters. The number of para-hydroxylation sites is 2. The summed E-state index contributed by atoms with van der Waals surface area (Å²) < 4.78 is 1.49. The lowest BCUT2D eigenvalue weighted by Crippen LogP contribution is -2.37. The molecule has 2 amide bonds. The van der Waals surface area contributed by atoms with Gasteiger partial charge in [-0.3, -0.25) is 14.4 Å². The molecule has 0 bridgehead atoms. The van der Waals surface area contributed by atoms with Crippen LogP contribution in [0.2, 0.25) is 0 Å². The summed E-state index contributed by atoms with van der Waals surface area (Å²) in [4.78, 5) is 38.7. The highest BCUT2D eigenvalue weighted by Gasteiger charge is 2.24. The summed E-state index contributed by atoms with van der Waals surface area (Å²) in [5, 5.41) is 6.28. The fourth-order valence-corrected chi connectivity index (χ4v) is 3.49. The second-order valence-corrected chi connectivity index (χ2v) is 7.14. The molecule has 0 saturated carbocycles. The van der Waals surface area contributed by atoms with E-state index >= 15 is 0 Å². The van der Waals surface area contributed by atoms with Gasteiger partial charge in [0.05, 0.1) is 11.1 Å². The molecule has 4 rings (SSSR count). The lowest BCUT2D eigenvalue weighted by atomic mass is 10.0. The van der Waals surface area contributed by atoms with Gasteiger partial charge in [-0.2, -0.15) is 0 Å². The summed E-state index contributed by atoms with van der Waals surface area (Å²) >= 11 is 0. The van der Waals surface area contributed by atoms with Crippen molar-refractivity contribution in [2.75, 3.05) is 5.32 Å². The molecule has 1 heterocycles. The van der Waals surface area contributed by atoms with Gasteiger partial charge in [-0.1, -0.05) is 66.7 Å². The van der Waals surface area contributed by atoms with Gasteiger partial charge in [-0.25, -0.2) is 0 Å². The van der Waals surface area contributed by atoms with Gasteiger partial charge >= 0.3 is 0 Å². The van der Waals surface area contributed by atoms with Crippen molar-refractivity contribution in [1.82, 2.24) is 9.88 Å². The Morgan fingerprint density at radius 2 is 1.45 bits per heavy atom. The minimum Gasteiger partial charge on any atom is -0.336 e. The number of carbonyl (C=O) groups excluding carboxylic acids is 2. The molecule has 6 heteroatoms. The Morgan fingerprint density at radius 1 is 0.839 bits per heavy atom. The van der Waals surface area contributed by atoms with E-state index in [9.17, 15) is 14.4 Å². The molecule has 1 unspecified atom stereocenters. The first kappa shape index (κ1) is 20.1. The fraction of sp³-hybridized carbons (Fsp3) is 0.0800. The Labute approximate surface area is 179 Å². The van der Waals surface area contributed by atoms with Crippen LogP contribution < -0.4 is 16.2 Å². The maximum Gasteiger partial charge on any atom is 0.253 e. The highest BCUT2D eigenvalue weighted by atomic mass is 16.2. The number of carbonyl (C=O) groups is 2. The molecule has 2 N–H and O–H groups in total. The van der Waals surface area contributed by atoms with Gasteiger partial charge in [0.25, 0.3) is 17.4 Å². The summed E-state index contributed by atoms with van der Waals surface area (Å²) in [6.07, 6.45) is 0. The van der Waals surface area contributed by atoms with Gasteiger partial charge in [0, 0.05) is 24.2 Å². The summed E-state index contributed by atoms with van der Waals surface area (Å²) in [6.45, 7) is 0. The molecule has 0 radical (unpaired) electrons. The number of benzene rings is 3. The Morgan fingerprint density at radius 3 is 2.16 bits per heavy atom. The van der Waals surface area contributed by atoms with Crippen LogP contribution in [0, 0.1) is 0 Å². The zero-order chi connectivity index (χ0) is 21.8. The molecule has 0 aliphatic heterocycles.